The summed E-state index contributed by atoms with van der Waals surface area (Å²) in [6, 6.07) is 2.26. The van der Waals surface area contributed by atoms with Crippen LogP contribution in [0.1, 0.15) is 36.0 Å². The zero-order valence-electron chi connectivity index (χ0n) is 11.2. The van der Waals surface area contributed by atoms with Crippen molar-refractivity contribution in [2.45, 2.75) is 31.8 Å². The van der Waals surface area contributed by atoms with E-state index in [0.717, 1.165) is 38.4 Å². The number of aromatic carboxylic acids is 1. The summed E-state index contributed by atoms with van der Waals surface area (Å²) in [7, 11) is 0. The summed E-state index contributed by atoms with van der Waals surface area (Å²) in [4.78, 5) is 11.0. The van der Waals surface area contributed by atoms with Gasteiger partial charge in [-0.15, -0.1) is 0 Å². The molecule has 0 aliphatic carbocycles. The summed E-state index contributed by atoms with van der Waals surface area (Å²) in [6.45, 7) is 1.31. The smallest absolute Gasteiger partial charge is 0.337 e. The lowest BCUT2D eigenvalue weighted by Crippen LogP contribution is -2.22. The van der Waals surface area contributed by atoms with Crippen molar-refractivity contribution < 1.29 is 19.0 Å². The fourth-order valence-electron chi connectivity index (χ4n) is 2.31. The minimum absolute atomic E-state index is 0.0730. The van der Waals surface area contributed by atoms with Crippen molar-refractivity contribution in [1.29, 1.82) is 0 Å². The second-order valence-corrected chi connectivity index (χ2v) is 4.93. The molecule has 1 atom stereocenters. The molecule has 1 aromatic rings. The Kier molecular flexibility index (Phi) is 4.79. The van der Waals surface area contributed by atoms with Gasteiger partial charge in [-0.25, -0.2) is 9.18 Å². The molecule has 2 rings (SSSR count). The van der Waals surface area contributed by atoms with Crippen LogP contribution in [-0.4, -0.2) is 30.3 Å². The molecule has 1 fully saturated rings. The lowest BCUT2D eigenvalue weighted by Gasteiger charge is -2.22. The Hall–Kier alpha value is -1.82. The van der Waals surface area contributed by atoms with Gasteiger partial charge in [0.25, 0.3) is 0 Å². The molecule has 1 aliphatic rings. The summed E-state index contributed by atoms with van der Waals surface area (Å²) in [6.07, 6.45) is 4.24. The van der Waals surface area contributed by atoms with Crippen LogP contribution < -0.4 is 11.1 Å². The van der Waals surface area contributed by atoms with Crippen LogP contribution in [0.15, 0.2) is 12.1 Å². The van der Waals surface area contributed by atoms with Gasteiger partial charge < -0.3 is 20.9 Å². The van der Waals surface area contributed by atoms with E-state index >= 15 is 0 Å². The zero-order valence-corrected chi connectivity index (χ0v) is 11.2. The Morgan fingerprint density at radius 1 is 1.50 bits per heavy atom. The highest BCUT2D eigenvalue weighted by Crippen LogP contribution is 2.23. The van der Waals surface area contributed by atoms with Gasteiger partial charge >= 0.3 is 5.97 Å². The number of halogens is 1. The van der Waals surface area contributed by atoms with E-state index in [1.165, 1.54) is 6.07 Å². The summed E-state index contributed by atoms with van der Waals surface area (Å²) in [5, 5.41) is 11.9. The first-order chi connectivity index (χ1) is 9.58. The second-order valence-electron chi connectivity index (χ2n) is 4.93. The van der Waals surface area contributed by atoms with Gasteiger partial charge in [0.15, 0.2) is 0 Å². The molecule has 0 amide bonds. The number of benzene rings is 1. The van der Waals surface area contributed by atoms with Crippen molar-refractivity contribution in [3.05, 3.63) is 23.5 Å². The number of carbonyl (C=O) groups is 1. The Labute approximate surface area is 116 Å². The van der Waals surface area contributed by atoms with E-state index < -0.39 is 11.8 Å². The number of rotatable bonds is 5. The van der Waals surface area contributed by atoms with Crippen LogP contribution in [0, 0.1) is 5.82 Å². The lowest BCUT2D eigenvalue weighted by molar-refractivity contribution is 0.0134. The number of carboxylic acids is 1. The predicted molar refractivity (Wildman–Crippen MR) is 74.5 cm³/mol. The van der Waals surface area contributed by atoms with E-state index in [9.17, 15) is 9.18 Å². The average molecular weight is 282 g/mol. The van der Waals surface area contributed by atoms with E-state index in [4.69, 9.17) is 15.6 Å². The van der Waals surface area contributed by atoms with Gasteiger partial charge in [0.2, 0.25) is 0 Å². The number of nitrogen functional groups attached to an aromatic ring is 1. The fraction of sp³-hybridized carbons (Fsp3) is 0.500. The van der Waals surface area contributed by atoms with E-state index in [0.29, 0.717) is 6.54 Å². The molecule has 1 saturated heterocycles. The number of hydrogen-bond acceptors (Lipinski definition) is 4. The Balaban J connectivity index is 1.94. The molecule has 0 spiro atoms. The summed E-state index contributed by atoms with van der Waals surface area (Å²) < 4.78 is 19.3. The molecule has 1 heterocycles. The summed E-state index contributed by atoms with van der Waals surface area (Å²) in [5.41, 5.74) is 5.46. The number of hydrogen-bond donors (Lipinski definition) is 3. The van der Waals surface area contributed by atoms with Crippen molar-refractivity contribution >= 4 is 17.3 Å². The molecule has 110 valence electrons. The van der Waals surface area contributed by atoms with Crippen LogP contribution in [-0.2, 0) is 4.74 Å². The molecule has 0 bridgehead atoms. The standard InChI is InChI=1S/C14H19FN2O3/c15-11-8-12(16)10(14(18)19)7-13(11)17-5-4-9-3-1-2-6-20-9/h7-9,17H,1-6,16H2,(H,18,19). The van der Waals surface area contributed by atoms with E-state index in [2.05, 4.69) is 5.32 Å². The molecule has 1 aliphatic heterocycles. The van der Waals surface area contributed by atoms with Crippen molar-refractivity contribution in [2.24, 2.45) is 0 Å². The zero-order chi connectivity index (χ0) is 14.5. The molecule has 1 unspecified atom stereocenters. The van der Waals surface area contributed by atoms with Gasteiger partial charge in [-0.3, -0.25) is 0 Å². The Morgan fingerprint density at radius 3 is 2.95 bits per heavy atom. The molecule has 0 saturated carbocycles. The van der Waals surface area contributed by atoms with Crippen molar-refractivity contribution in [3.8, 4) is 0 Å². The maximum Gasteiger partial charge on any atom is 0.337 e. The summed E-state index contributed by atoms with van der Waals surface area (Å²) >= 11 is 0. The highest BCUT2D eigenvalue weighted by atomic mass is 19.1. The maximum atomic E-state index is 13.7. The average Bonchev–Trinajstić information content (AvgIpc) is 2.42. The van der Waals surface area contributed by atoms with Gasteiger partial charge in [-0.05, 0) is 37.8 Å². The van der Waals surface area contributed by atoms with Crippen LogP contribution >= 0.6 is 0 Å². The van der Waals surface area contributed by atoms with Gasteiger partial charge in [0.05, 0.1) is 17.4 Å². The van der Waals surface area contributed by atoms with Crippen LogP contribution in [0.2, 0.25) is 0 Å². The first-order valence-corrected chi connectivity index (χ1v) is 6.75. The molecule has 6 heteroatoms. The summed E-state index contributed by atoms with van der Waals surface area (Å²) in [5.74, 6) is -1.71. The van der Waals surface area contributed by atoms with Gasteiger partial charge in [0.1, 0.15) is 5.82 Å². The van der Waals surface area contributed by atoms with Crippen LogP contribution in [0.4, 0.5) is 15.8 Å². The van der Waals surface area contributed by atoms with E-state index in [-0.39, 0.29) is 23.0 Å². The molecule has 20 heavy (non-hydrogen) atoms. The van der Waals surface area contributed by atoms with Gasteiger partial charge in [-0.1, -0.05) is 0 Å². The number of nitrogens with one attached hydrogen (secondary N) is 1. The third kappa shape index (κ3) is 3.60. The van der Waals surface area contributed by atoms with E-state index in [1.54, 1.807) is 0 Å². The minimum Gasteiger partial charge on any atom is -0.478 e. The first kappa shape index (κ1) is 14.6. The van der Waals surface area contributed by atoms with Crippen molar-refractivity contribution in [1.82, 2.24) is 0 Å². The van der Waals surface area contributed by atoms with Crippen molar-refractivity contribution in [2.75, 3.05) is 24.2 Å². The molecular weight excluding hydrogens is 263 g/mol. The topological polar surface area (TPSA) is 84.6 Å². The quantitative estimate of drug-likeness (QED) is 0.722. The third-order valence-corrected chi connectivity index (χ3v) is 3.43. The Morgan fingerprint density at radius 2 is 2.30 bits per heavy atom. The van der Waals surface area contributed by atoms with Crippen LogP contribution in [0.25, 0.3) is 0 Å². The second kappa shape index (κ2) is 6.56. The van der Waals surface area contributed by atoms with Crippen LogP contribution in [0.5, 0.6) is 0 Å². The van der Waals surface area contributed by atoms with Crippen LogP contribution in [0.3, 0.4) is 0 Å². The number of ether oxygens (including phenoxy) is 1. The highest BCUT2D eigenvalue weighted by Gasteiger charge is 2.15. The third-order valence-electron chi connectivity index (χ3n) is 3.43. The largest absolute Gasteiger partial charge is 0.478 e. The molecule has 1 aromatic carbocycles. The molecule has 0 radical (unpaired) electrons. The minimum atomic E-state index is -1.17. The molecule has 5 nitrogen and oxygen atoms in total. The Bertz CT molecular complexity index is 488. The SMILES string of the molecule is Nc1cc(F)c(NCCC2CCCCO2)cc1C(=O)O. The fourth-order valence-corrected chi connectivity index (χ4v) is 2.31. The number of anilines is 2. The number of nitrogens with two attached hydrogens (primary N) is 1. The predicted octanol–water partition coefficient (Wildman–Crippen LogP) is 2.48. The molecular formula is C14H19FN2O3. The van der Waals surface area contributed by atoms with Crippen molar-refractivity contribution in [3.63, 3.8) is 0 Å². The number of carboxylic acid groups (broad SMARTS) is 1. The maximum absolute atomic E-state index is 13.7. The monoisotopic (exact) mass is 282 g/mol. The molecule has 4 N–H and O–H groups in total. The van der Waals surface area contributed by atoms with E-state index in [1.807, 2.05) is 0 Å². The highest BCUT2D eigenvalue weighted by molar-refractivity contribution is 5.94. The normalized spacial score (nSPS) is 18.8. The first-order valence-electron chi connectivity index (χ1n) is 6.75. The lowest BCUT2D eigenvalue weighted by atomic mass is 10.1. The molecule has 0 aromatic heterocycles. The van der Waals surface area contributed by atoms with Gasteiger partial charge in [0, 0.05) is 18.8 Å². The van der Waals surface area contributed by atoms with Gasteiger partial charge in [-0.2, -0.15) is 0 Å².